The quantitative estimate of drug-likeness (QED) is 0.776. The Morgan fingerprint density at radius 3 is 2.60 bits per heavy atom. The Balaban J connectivity index is 2.21. The maximum absolute atomic E-state index is 14.4. The van der Waals surface area contributed by atoms with Crippen LogP contribution in [0.25, 0.3) is 0 Å². The van der Waals surface area contributed by atoms with Gasteiger partial charge in [-0.05, 0) is 24.2 Å². The van der Waals surface area contributed by atoms with Gasteiger partial charge in [0.05, 0.1) is 6.61 Å². The molecule has 10 heteroatoms. The van der Waals surface area contributed by atoms with E-state index in [2.05, 4.69) is 4.98 Å². The summed E-state index contributed by atoms with van der Waals surface area (Å²) < 4.78 is 40.7. The topological polar surface area (TPSA) is 99.6 Å². The van der Waals surface area contributed by atoms with Gasteiger partial charge in [0.15, 0.2) is 14.4 Å². The number of anilines is 1. The number of hydrogen-bond acceptors (Lipinski definition) is 6. The number of hydrogen-bond donors (Lipinski definition) is 2. The summed E-state index contributed by atoms with van der Waals surface area (Å²) in [5.41, 5.74) is 4.40. The zero-order chi connectivity index (χ0) is 19.2. The van der Waals surface area contributed by atoms with Crippen molar-refractivity contribution < 1.29 is 23.1 Å². The van der Waals surface area contributed by atoms with Gasteiger partial charge in [-0.2, -0.15) is 13.8 Å². The van der Waals surface area contributed by atoms with E-state index in [1.54, 1.807) is 0 Å². The molecule has 142 valence electrons. The van der Waals surface area contributed by atoms with Crippen molar-refractivity contribution in [3.63, 3.8) is 0 Å². The van der Waals surface area contributed by atoms with E-state index in [1.165, 1.54) is 6.07 Å². The monoisotopic (exact) mass is 377 g/mol. The zero-order valence-electron chi connectivity index (χ0n) is 15.0. The molecule has 0 amide bonds. The first-order valence-electron chi connectivity index (χ1n) is 7.97. The van der Waals surface area contributed by atoms with Gasteiger partial charge in [-0.1, -0.05) is 20.8 Å². The molecule has 0 saturated carbocycles. The molecule has 1 unspecified atom stereocenters. The average molecular weight is 377 g/mol. The highest BCUT2D eigenvalue weighted by Gasteiger charge is 2.60. The van der Waals surface area contributed by atoms with Crippen molar-refractivity contribution in [2.24, 2.45) is 0 Å². The lowest BCUT2D eigenvalue weighted by molar-refractivity contribution is -0.140. The number of nitrogens with zero attached hydrogens (tertiary/aromatic N) is 2. The minimum Gasteiger partial charge on any atom is -0.414 e. The Bertz CT molecular complexity index is 690. The number of ether oxygens (including phenoxy) is 1. The minimum absolute atomic E-state index is 0.0825. The van der Waals surface area contributed by atoms with Crippen molar-refractivity contribution >= 4 is 14.1 Å². The van der Waals surface area contributed by atoms with Gasteiger partial charge >= 0.3 is 11.6 Å². The number of nitrogen functional groups attached to an aromatic ring is 1. The maximum Gasteiger partial charge on any atom is 0.351 e. The molecule has 2 heterocycles. The van der Waals surface area contributed by atoms with E-state index in [9.17, 15) is 18.7 Å². The molecule has 1 fully saturated rings. The lowest BCUT2D eigenvalue weighted by atomic mass is 10.1. The van der Waals surface area contributed by atoms with Crippen molar-refractivity contribution in [1.82, 2.24) is 9.55 Å². The molecule has 7 nitrogen and oxygen atoms in total. The summed E-state index contributed by atoms with van der Waals surface area (Å²) in [5.74, 6) is -3.75. The van der Waals surface area contributed by atoms with Gasteiger partial charge in [0.25, 0.3) is 0 Å². The summed E-state index contributed by atoms with van der Waals surface area (Å²) in [6, 6.07) is 1.21. The zero-order valence-corrected chi connectivity index (χ0v) is 16.0. The van der Waals surface area contributed by atoms with Crippen molar-refractivity contribution in [2.45, 2.75) is 63.3 Å². The Labute approximate surface area is 145 Å². The van der Waals surface area contributed by atoms with Gasteiger partial charge in [-0.3, -0.25) is 4.57 Å². The first-order chi connectivity index (χ1) is 11.3. The molecular weight excluding hydrogens is 352 g/mol. The van der Waals surface area contributed by atoms with Crippen LogP contribution in [-0.4, -0.2) is 47.7 Å². The largest absolute Gasteiger partial charge is 0.414 e. The average Bonchev–Trinajstić information content (AvgIpc) is 2.67. The SMILES string of the molecule is CC(C)(C)[Si](C)(C)OCC1O[C@@H](n2ccc(N)nc2=O)C(F)(F)[C@H]1O. The molecule has 1 aliphatic rings. The molecule has 1 aliphatic heterocycles. The Hall–Kier alpha value is -1.36. The van der Waals surface area contributed by atoms with Gasteiger partial charge in [0.2, 0.25) is 6.23 Å². The molecule has 1 aromatic rings. The molecule has 25 heavy (non-hydrogen) atoms. The third-order valence-corrected chi connectivity index (χ3v) is 9.40. The molecule has 2 rings (SSSR count). The van der Waals surface area contributed by atoms with E-state index in [-0.39, 0.29) is 17.5 Å². The maximum atomic E-state index is 14.4. The first-order valence-corrected chi connectivity index (χ1v) is 10.9. The fraction of sp³-hybridized carbons (Fsp3) is 0.733. The highest BCUT2D eigenvalue weighted by atomic mass is 28.4. The lowest BCUT2D eigenvalue weighted by Gasteiger charge is -2.37. The van der Waals surface area contributed by atoms with Crippen molar-refractivity contribution in [3.8, 4) is 0 Å². The van der Waals surface area contributed by atoms with Crippen LogP contribution in [0.15, 0.2) is 17.1 Å². The van der Waals surface area contributed by atoms with Crippen LogP contribution in [0.2, 0.25) is 18.1 Å². The molecule has 1 saturated heterocycles. The highest BCUT2D eigenvalue weighted by molar-refractivity contribution is 6.74. The van der Waals surface area contributed by atoms with Gasteiger partial charge in [-0.15, -0.1) is 0 Å². The van der Waals surface area contributed by atoms with E-state index in [0.29, 0.717) is 4.57 Å². The Kier molecular flexibility index (Phi) is 5.12. The number of rotatable bonds is 4. The lowest BCUT2D eigenvalue weighted by Crippen LogP contribution is -2.45. The van der Waals surface area contributed by atoms with Gasteiger partial charge in [0, 0.05) is 6.20 Å². The Morgan fingerprint density at radius 2 is 2.08 bits per heavy atom. The number of halogens is 2. The molecule has 3 N–H and O–H groups in total. The number of aliphatic hydroxyl groups is 1. The van der Waals surface area contributed by atoms with E-state index in [0.717, 1.165) is 6.20 Å². The summed E-state index contributed by atoms with van der Waals surface area (Å²) in [7, 11) is -2.20. The smallest absolute Gasteiger partial charge is 0.351 e. The summed E-state index contributed by atoms with van der Waals surface area (Å²) in [6.45, 7) is 9.81. The summed E-state index contributed by atoms with van der Waals surface area (Å²) in [6.07, 6.45) is -4.23. The molecule has 0 aliphatic carbocycles. The van der Waals surface area contributed by atoms with Crippen LogP contribution in [-0.2, 0) is 9.16 Å². The van der Waals surface area contributed by atoms with Crippen LogP contribution in [0, 0.1) is 0 Å². The number of aromatic nitrogens is 2. The number of aliphatic hydroxyl groups excluding tert-OH is 1. The molecule has 1 aromatic heterocycles. The third kappa shape index (κ3) is 3.76. The fourth-order valence-electron chi connectivity index (χ4n) is 2.22. The molecular formula is C15H25F2N3O4Si. The molecule has 0 spiro atoms. The van der Waals surface area contributed by atoms with Crippen LogP contribution >= 0.6 is 0 Å². The normalized spacial score (nSPS) is 26.8. The van der Waals surface area contributed by atoms with Gasteiger partial charge in [-0.25, -0.2) is 4.79 Å². The van der Waals surface area contributed by atoms with Crippen molar-refractivity contribution in [3.05, 3.63) is 22.7 Å². The molecule has 3 atom stereocenters. The van der Waals surface area contributed by atoms with Crippen molar-refractivity contribution in [2.75, 3.05) is 12.3 Å². The van der Waals surface area contributed by atoms with Crippen LogP contribution in [0.5, 0.6) is 0 Å². The van der Waals surface area contributed by atoms with E-state index < -0.39 is 38.4 Å². The summed E-state index contributed by atoms with van der Waals surface area (Å²) in [4.78, 5) is 15.2. The Morgan fingerprint density at radius 1 is 1.48 bits per heavy atom. The van der Waals surface area contributed by atoms with Crippen LogP contribution in [0.3, 0.4) is 0 Å². The molecule has 0 bridgehead atoms. The van der Waals surface area contributed by atoms with E-state index >= 15 is 0 Å². The van der Waals surface area contributed by atoms with E-state index in [1.807, 2.05) is 33.9 Å². The minimum atomic E-state index is -3.66. The summed E-state index contributed by atoms with van der Waals surface area (Å²) >= 11 is 0. The number of nitrogens with two attached hydrogens (primary N) is 1. The second-order valence-corrected chi connectivity index (χ2v) is 12.6. The van der Waals surface area contributed by atoms with Crippen LogP contribution in [0.1, 0.15) is 27.0 Å². The molecule has 0 aromatic carbocycles. The molecule has 0 radical (unpaired) electrons. The number of alkyl halides is 2. The predicted molar refractivity (Wildman–Crippen MR) is 90.9 cm³/mol. The van der Waals surface area contributed by atoms with Crippen LogP contribution in [0.4, 0.5) is 14.6 Å². The highest BCUT2D eigenvalue weighted by Crippen LogP contribution is 2.43. The van der Waals surface area contributed by atoms with E-state index in [4.69, 9.17) is 14.9 Å². The predicted octanol–water partition coefficient (Wildman–Crippen LogP) is 1.74. The van der Waals surface area contributed by atoms with Gasteiger partial charge < -0.3 is 20.0 Å². The summed E-state index contributed by atoms with van der Waals surface area (Å²) in [5, 5.41) is 9.88. The second kappa shape index (κ2) is 6.42. The third-order valence-electron chi connectivity index (χ3n) is 4.90. The van der Waals surface area contributed by atoms with Crippen LogP contribution < -0.4 is 11.4 Å². The fourth-order valence-corrected chi connectivity index (χ4v) is 3.23. The first kappa shape index (κ1) is 20.0. The second-order valence-electron chi connectivity index (χ2n) is 7.76. The van der Waals surface area contributed by atoms with Gasteiger partial charge in [0.1, 0.15) is 11.9 Å². The standard InChI is InChI=1S/C15H25F2N3O4Si/c1-14(2,3)25(4,5)23-8-9-11(21)15(16,17)12(24-9)20-7-6-10(18)19-13(20)22/h6-7,9,11-12,21H,8H2,1-5H3,(H2,18,19,22)/t9?,11-,12+/m0/s1. The van der Waals surface area contributed by atoms with Crippen molar-refractivity contribution in [1.29, 1.82) is 0 Å².